The highest BCUT2D eigenvalue weighted by atomic mass is 16.5. The molecule has 1 aromatic heterocycles. The lowest BCUT2D eigenvalue weighted by Gasteiger charge is -2.25. The molecule has 100 valence electrons. The lowest BCUT2D eigenvalue weighted by molar-refractivity contribution is 0.0282. The molecule has 1 aliphatic heterocycles. The fourth-order valence-corrected chi connectivity index (χ4v) is 2.58. The van der Waals surface area contributed by atoms with Gasteiger partial charge in [-0.25, -0.2) is 0 Å². The Hall–Kier alpha value is -1.65. The van der Waals surface area contributed by atoms with Crippen molar-refractivity contribution in [3.05, 3.63) is 53.3 Å². The summed E-state index contributed by atoms with van der Waals surface area (Å²) in [5, 5.41) is 7.65. The summed E-state index contributed by atoms with van der Waals surface area (Å²) >= 11 is 0. The van der Waals surface area contributed by atoms with Gasteiger partial charge in [-0.3, -0.25) is 4.68 Å². The predicted octanol–water partition coefficient (Wildman–Crippen LogP) is 1.92. The molecular formula is C15H19N3O. The summed E-state index contributed by atoms with van der Waals surface area (Å²) in [5.74, 6) is 0. The largest absolute Gasteiger partial charge is 0.371 e. The van der Waals surface area contributed by atoms with Gasteiger partial charge in [0.2, 0.25) is 0 Å². The molecule has 0 fully saturated rings. The minimum absolute atomic E-state index is 0.118. The molecule has 2 aromatic rings. The van der Waals surface area contributed by atoms with Crippen LogP contribution in [0.15, 0.2) is 36.5 Å². The van der Waals surface area contributed by atoms with Crippen molar-refractivity contribution in [2.45, 2.75) is 25.6 Å². The molecule has 1 unspecified atom stereocenters. The van der Waals surface area contributed by atoms with Gasteiger partial charge in [0.05, 0.1) is 18.8 Å². The second-order valence-corrected chi connectivity index (χ2v) is 4.87. The summed E-state index contributed by atoms with van der Waals surface area (Å²) in [6.45, 7) is 2.38. The summed E-state index contributed by atoms with van der Waals surface area (Å²) < 4.78 is 7.87. The number of hydrogen-bond donors (Lipinski definition) is 1. The van der Waals surface area contributed by atoms with Crippen molar-refractivity contribution in [3.63, 3.8) is 0 Å². The third kappa shape index (κ3) is 2.69. The summed E-state index contributed by atoms with van der Waals surface area (Å²) in [5.41, 5.74) is 3.77. The molecule has 0 spiro atoms. The average molecular weight is 257 g/mol. The van der Waals surface area contributed by atoms with Gasteiger partial charge in [-0.05, 0) is 30.7 Å². The minimum atomic E-state index is 0.118. The van der Waals surface area contributed by atoms with Crippen molar-refractivity contribution in [1.29, 1.82) is 0 Å². The zero-order chi connectivity index (χ0) is 13.1. The van der Waals surface area contributed by atoms with Crippen molar-refractivity contribution in [3.8, 4) is 0 Å². The Bertz CT molecular complexity index is 550. The molecule has 0 radical (unpaired) electrons. The highest BCUT2D eigenvalue weighted by Gasteiger charge is 2.20. The van der Waals surface area contributed by atoms with E-state index in [1.165, 1.54) is 11.1 Å². The van der Waals surface area contributed by atoms with Crippen LogP contribution in [0.25, 0.3) is 0 Å². The van der Waals surface area contributed by atoms with Gasteiger partial charge in [0.25, 0.3) is 0 Å². The van der Waals surface area contributed by atoms with E-state index in [4.69, 9.17) is 4.74 Å². The fraction of sp³-hybridized carbons (Fsp3) is 0.400. The van der Waals surface area contributed by atoms with Gasteiger partial charge in [-0.1, -0.05) is 24.3 Å². The number of fused-ring (bicyclic) bond motifs is 1. The van der Waals surface area contributed by atoms with Crippen LogP contribution in [0.1, 0.15) is 22.9 Å². The molecule has 0 bridgehead atoms. The molecule has 0 saturated heterocycles. The Kier molecular flexibility index (Phi) is 3.62. The lowest BCUT2D eigenvalue weighted by Crippen LogP contribution is -2.21. The molecule has 3 rings (SSSR count). The average Bonchev–Trinajstić information content (AvgIpc) is 2.87. The summed E-state index contributed by atoms with van der Waals surface area (Å²) in [6, 6.07) is 10.6. The number of nitrogens with zero attached hydrogens (tertiary/aromatic N) is 2. The van der Waals surface area contributed by atoms with Crippen LogP contribution in [-0.2, 0) is 24.2 Å². The van der Waals surface area contributed by atoms with E-state index < -0.39 is 0 Å². The molecule has 1 N–H and O–H groups in total. The monoisotopic (exact) mass is 257 g/mol. The zero-order valence-electron chi connectivity index (χ0n) is 11.2. The van der Waals surface area contributed by atoms with Crippen molar-refractivity contribution in [2.24, 2.45) is 0 Å². The molecule has 0 amide bonds. The van der Waals surface area contributed by atoms with Gasteiger partial charge in [0.15, 0.2) is 0 Å². The summed E-state index contributed by atoms with van der Waals surface area (Å²) in [7, 11) is 1.93. The van der Waals surface area contributed by atoms with E-state index in [0.717, 1.165) is 31.8 Å². The van der Waals surface area contributed by atoms with E-state index in [1.807, 2.05) is 24.0 Å². The first-order valence-electron chi connectivity index (χ1n) is 6.73. The Balaban J connectivity index is 1.76. The number of ether oxygens (including phenoxy) is 1. The quantitative estimate of drug-likeness (QED) is 0.909. The molecule has 1 aliphatic rings. The topological polar surface area (TPSA) is 39.1 Å². The Morgan fingerprint density at radius 2 is 2.26 bits per heavy atom. The molecule has 2 heterocycles. The molecule has 0 aliphatic carbocycles. The Morgan fingerprint density at radius 3 is 3.16 bits per heavy atom. The standard InChI is InChI=1S/C15H19N3O/c1-16-10-13-6-8-18(17-13)11-15-14-5-3-2-4-12(14)7-9-19-15/h2-6,8,15-16H,7,9-11H2,1H3. The third-order valence-corrected chi connectivity index (χ3v) is 3.50. The van der Waals surface area contributed by atoms with Crippen LogP contribution in [-0.4, -0.2) is 23.4 Å². The number of benzene rings is 1. The van der Waals surface area contributed by atoms with Crippen LogP contribution in [0.2, 0.25) is 0 Å². The zero-order valence-corrected chi connectivity index (χ0v) is 11.2. The van der Waals surface area contributed by atoms with Crippen LogP contribution < -0.4 is 5.32 Å². The van der Waals surface area contributed by atoms with Gasteiger partial charge in [0.1, 0.15) is 6.10 Å². The first-order valence-corrected chi connectivity index (χ1v) is 6.73. The van der Waals surface area contributed by atoms with E-state index in [0.29, 0.717) is 0 Å². The maximum absolute atomic E-state index is 5.90. The minimum Gasteiger partial charge on any atom is -0.371 e. The molecule has 1 aromatic carbocycles. The Morgan fingerprint density at radius 1 is 1.37 bits per heavy atom. The summed E-state index contributed by atoms with van der Waals surface area (Å²) in [4.78, 5) is 0. The van der Waals surface area contributed by atoms with Gasteiger partial charge >= 0.3 is 0 Å². The van der Waals surface area contributed by atoms with Crippen molar-refractivity contribution < 1.29 is 4.74 Å². The molecule has 19 heavy (non-hydrogen) atoms. The smallest absolute Gasteiger partial charge is 0.102 e. The van der Waals surface area contributed by atoms with Crippen molar-refractivity contribution in [2.75, 3.05) is 13.7 Å². The number of hydrogen-bond acceptors (Lipinski definition) is 3. The van der Waals surface area contributed by atoms with E-state index in [1.54, 1.807) is 0 Å². The first kappa shape index (κ1) is 12.4. The van der Waals surface area contributed by atoms with Gasteiger partial charge < -0.3 is 10.1 Å². The first-order chi connectivity index (χ1) is 9.36. The molecule has 1 atom stereocenters. The van der Waals surface area contributed by atoms with Gasteiger partial charge in [-0.15, -0.1) is 0 Å². The van der Waals surface area contributed by atoms with Crippen molar-refractivity contribution >= 4 is 0 Å². The molecule has 4 heteroatoms. The SMILES string of the molecule is CNCc1ccn(CC2OCCc3ccccc32)n1. The Labute approximate surface area is 113 Å². The molecular weight excluding hydrogens is 238 g/mol. The maximum atomic E-state index is 5.90. The highest BCUT2D eigenvalue weighted by molar-refractivity contribution is 5.30. The maximum Gasteiger partial charge on any atom is 0.102 e. The van der Waals surface area contributed by atoms with Gasteiger partial charge in [-0.2, -0.15) is 5.10 Å². The fourth-order valence-electron chi connectivity index (χ4n) is 2.58. The lowest BCUT2D eigenvalue weighted by atomic mass is 9.98. The van der Waals surface area contributed by atoms with E-state index in [2.05, 4.69) is 34.7 Å². The van der Waals surface area contributed by atoms with Crippen LogP contribution in [0, 0.1) is 0 Å². The van der Waals surface area contributed by atoms with E-state index in [9.17, 15) is 0 Å². The van der Waals surface area contributed by atoms with Crippen LogP contribution in [0.3, 0.4) is 0 Å². The van der Waals surface area contributed by atoms with Gasteiger partial charge in [0, 0.05) is 12.7 Å². The summed E-state index contributed by atoms with van der Waals surface area (Å²) in [6.07, 6.45) is 3.15. The van der Waals surface area contributed by atoms with Crippen LogP contribution >= 0.6 is 0 Å². The second-order valence-electron chi connectivity index (χ2n) is 4.87. The van der Waals surface area contributed by atoms with E-state index in [-0.39, 0.29) is 6.10 Å². The molecule has 4 nitrogen and oxygen atoms in total. The number of aromatic nitrogens is 2. The third-order valence-electron chi connectivity index (χ3n) is 3.50. The predicted molar refractivity (Wildman–Crippen MR) is 73.8 cm³/mol. The highest BCUT2D eigenvalue weighted by Crippen LogP contribution is 2.27. The molecule has 0 saturated carbocycles. The van der Waals surface area contributed by atoms with Crippen molar-refractivity contribution in [1.82, 2.24) is 15.1 Å². The number of rotatable bonds is 4. The normalized spacial score (nSPS) is 18.3. The van der Waals surface area contributed by atoms with Crippen LogP contribution in [0.5, 0.6) is 0 Å². The van der Waals surface area contributed by atoms with Crippen LogP contribution in [0.4, 0.5) is 0 Å². The van der Waals surface area contributed by atoms with E-state index >= 15 is 0 Å². The number of nitrogens with one attached hydrogen (secondary N) is 1. The second kappa shape index (κ2) is 5.55.